The Morgan fingerprint density at radius 3 is 2.00 bits per heavy atom. The molecule has 42 heavy (non-hydrogen) atoms. The molecule has 0 aromatic heterocycles. The quantitative estimate of drug-likeness (QED) is 0.197. The van der Waals surface area contributed by atoms with Gasteiger partial charge in [-0.3, -0.25) is 9.59 Å². The first-order chi connectivity index (χ1) is 19.9. The van der Waals surface area contributed by atoms with E-state index >= 15 is 0 Å². The second-order valence-electron chi connectivity index (χ2n) is 12.8. The van der Waals surface area contributed by atoms with Crippen LogP contribution in [0.15, 0.2) is 0 Å². The van der Waals surface area contributed by atoms with Crippen LogP contribution in [-0.4, -0.2) is 120 Å². The Balaban J connectivity index is 1.27. The van der Waals surface area contributed by atoms with Crippen LogP contribution in [0.1, 0.15) is 51.9 Å². The fourth-order valence-corrected chi connectivity index (χ4v) is 8.41. The second-order valence-corrected chi connectivity index (χ2v) is 12.8. The minimum atomic E-state index is -1.77. The van der Waals surface area contributed by atoms with Gasteiger partial charge >= 0.3 is 11.9 Å². The predicted octanol–water partition coefficient (Wildman–Crippen LogP) is -0.695. The van der Waals surface area contributed by atoms with E-state index in [4.69, 9.17) is 28.4 Å². The number of rotatable bonds is 10. The van der Waals surface area contributed by atoms with Gasteiger partial charge in [-0.05, 0) is 61.7 Å². The number of methoxy groups -OCH3 is 2. The lowest BCUT2D eigenvalue weighted by Gasteiger charge is -2.56. The Morgan fingerprint density at radius 2 is 1.48 bits per heavy atom. The molecule has 2 saturated heterocycles. The topological polar surface area (TPSA) is 200 Å². The highest BCUT2D eigenvalue weighted by Gasteiger charge is 2.54. The molecule has 6 rings (SSSR count). The summed E-state index contributed by atoms with van der Waals surface area (Å²) in [4.78, 5) is 36.8. The van der Waals surface area contributed by atoms with Gasteiger partial charge in [0.15, 0.2) is 18.7 Å². The van der Waals surface area contributed by atoms with Crippen molar-refractivity contribution in [3.63, 3.8) is 0 Å². The number of carboxylic acid groups (broad SMARTS) is 1. The monoisotopic (exact) mass is 601 g/mol. The van der Waals surface area contributed by atoms with Crippen LogP contribution in [0.2, 0.25) is 0 Å². The van der Waals surface area contributed by atoms with E-state index in [0.29, 0.717) is 24.2 Å². The summed E-state index contributed by atoms with van der Waals surface area (Å²) in [5, 5.41) is 44.6. The van der Waals surface area contributed by atoms with Crippen molar-refractivity contribution in [3.8, 4) is 0 Å². The summed E-state index contributed by atoms with van der Waals surface area (Å²) in [6.07, 6.45) is -6.40. The van der Waals surface area contributed by atoms with E-state index in [2.05, 4.69) is 5.32 Å². The zero-order valence-corrected chi connectivity index (χ0v) is 24.1. The Kier molecular flexibility index (Phi) is 9.45. The molecule has 6 fully saturated rings. The van der Waals surface area contributed by atoms with Crippen molar-refractivity contribution >= 4 is 17.8 Å². The first-order valence-electron chi connectivity index (χ1n) is 14.6. The molecule has 1 amide bonds. The van der Waals surface area contributed by atoms with Gasteiger partial charge in [0.25, 0.3) is 0 Å². The van der Waals surface area contributed by atoms with Crippen LogP contribution in [0, 0.1) is 23.2 Å². The molecule has 6 unspecified atom stereocenters. The molecule has 5 N–H and O–H groups in total. The van der Waals surface area contributed by atoms with Crippen molar-refractivity contribution < 1.29 is 63.2 Å². The van der Waals surface area contributed by atoms with Gasteiger partial charge in [0.05, 0.1) is 6.42 Å². The summed E-state index contributed by atoms with van der Waals surface area (Å²) in [6.45, 7) is 0.896. The fraction of sp³-hybridized carbons (Fsp3) is 0.893. The molecule has 4 bridgehead atoms. The van der Waals surface area contributed by atoms with E-state index in [1.165, 1.54) is 33.3 Å². The number of carbonyl (C=O) groups is 3. The van der Waals surface area contributed by atoms with Crippen LogP contribution < -0.4 is 5.32 Å². The Labute approximate surface area is 243 Å². The van der Waals surface area contributed by atoms with Crippen molar-refractivity contribution in [2.45, 2.75) is 113 Å². The number of esters is 1. The summed E-state index contributed by atoms with van der Waals surface area (Å²) in [7, 11) is 2.47. The molecular formula is C28H43NO13. The Morgan fingerprint density at radius 1 is 0.857 bits per heavy atom. The summed E-state index contributed by atoms with van der Waals surface area (Å²) in [5.41, 5.74) is -0.0366. The third kappa shape index (κ3) is 6.32. The van der Waals surface area contributed by atoms with Crippen molar-refractivity contribution in [1.29, 1.82) is 0 Å². The number of aliphatic hydroxyl groups is 3. The first kappa shape index (κ1) is 31.5. The minimum Gasteiger partial charge on any atom is -0.479 e. The van der Waals surface area contributed by atoms with Crippen LogP contribution in [0.4, 0.5) is 0 Å². The van der Waals surface area contributed by atoms with E-state index in [9.17, 15) is 34.8 Å². The maximum atomic E-state index is 13.0. The molecule has 0 aromatic carbocycles. The highest BCUT2D eigenvalue weighted by Crippen LogP contribution is 2.61. The molecule has 14 nitrogen and oxygen atoms in total. The lowest BCUT2D eigenvalue weighted by molar-refractivity contribution is -0.340. The lowest BCUT2D eigenvalue weighted by Crippen LogP contribution is -2.68. The maximum Gasteiger partial charge on any atom is 0.335 e. The summed E-state index contributed by atoms with van der Waals surface area (Å²) >= 11 is 0. The highest BCUT2D eigenvalue weighted by molar-refractivity contribution is 5.74. The van der Waals surface area contributed by atoms with Crippen molar-refractivity contribution in [1.82, 2.24) is 5.32 Å². The van der Waals surface area contributed by atoms with Gasteiger partial charge in [0.2, 0.25) is 5.91 Å². The number of aliphatic hydroxyl groups excluding tert-OH is 3. The van der Waals surface area contributed by atoms with Gasteiger partial charge in [0.1, 0.15) is 49.3 Å². The SMILES string of the molecule is COC1C(C(=O)O)O[C@@H](O[C@H]2C(O)C(COC(=O)CC34CC5CC(CC(C5)C3)C4)O[C@@H](OC)C2NC(C)=O)C(O)[C@H]1O. The van der Waals surface area contributed by atoms with E-state index in [0.717, 1.165) is 26.4 Å². The number of carboxylic acids is 1. The molecule has 6 aliphatic rings. The molecule has 0 radical (unpaired) electrons. The fourth-order valence-electron chi connectivity index (χ4n) is 8.41. The van der Waals surface area contributed by atoms with Gasteiger partial charge in [-0.25, -0.2) is 4.79 Å². The number of aliphatic carboxylic acids is 1. The molecule has 10 atom stereocenters. The summed E-state index contributed by atoms with van der Waals surface area (Å²) < 4.78 is 33.2. The Bertz CT molecular complexity index is 973. The van der Waals surface area contributed by atoms with Crippen molar-refractivity contribution in [2.24, 2.45) is 23.2 Å². The number of hydrogen-bond acceptors (Lipinski definition) is 12. The molecular weight excluding hydrogens is 558 g/mol. The zero-order chi connectivity index (χ0) is 30.3. The molecule has 2 aliphatic heterocycles. The third-order valence-electron chi connectivity index (χ3n) is 9.72. The standard InChI is InChI=1S/C28H43NO13/c1-12(30)29-18-22(41-27-21(34)20(33)23(37-2)24(42-27)25(35)36)19(32)16(40-26(18)38-3)11-39-17(31)10-28-7-13-4-14(8-28)6-15(5-13)9-28/h13-16,18-24,26-27,32-34H,4-11H2,1-3H3,(H,29,30)(H,35,36)/t13?,14?,15?,16?,18?,19?,20-,21?,22-,23?,24?,26-,27-,28?/m1/s1. The number of hydrogen-bond donors (Lipinski definition) is 5. The molecule has 0 spiro atoms. The molecule has 238 valence electrons. The van der Waals surface area contributed by atoms with E-state index < -0.39 is 73.2 Å². The van der Waals surface area contributed by atoms with E-state index in [1.807, 2.05) is 0 Å². The maximum absolute atomic E-state index is 13.0. The predicted molar refractivity (Wildman–Crippen MR) is 139 cm³/mol. The van der Waals surface area contributed by atoms with Gasteiger partial charge in [0, 0.05) is 21.1 Å². The van der Waals surface area contributed by atoms with Gasteiger partial charge < -0.3 is 54.2 Å². The minimum absolute atomic E-state index is 0.0366. The number of nitrogens with one attached hydrogen (secondary N) is 1. The normalized spacial score (nSPS) is 46.3. The molecule has 4 aliphatic carbocycles. The molecule has 14 heteroatoms. The lowest BCUT2D eigenvalue weighted by atomic mass is 9.49. The highest BCUT2D eigenvalue weighted by atomic mass is 16.7. The largest absolute Gasteiger partial charge is 0.479 e. The molecule has 0 aromatic rings. The average molecular weight is 602 g/mol. The van der Waals surface area contributed by atoms with Crippen LogP contribution >= 0.6 is 0 Å². The van der Waals surface area contributed by atoms with Crippen molar-refractivity contribution in [2.75, 3.05) is 20.8 Å². The van der Waals surface area contributed by atoms with Crippen LogP contribution in [-0.2, 0) is 42.8 Å². The second kappa shape index (κ2) is 12.6. The number of amides is 1. The first-order valence-corrected chi connectivity index (χ1v) is 14.6. The van der Waals surface area contributed by atoms with Crippen LogP contribution in [0.3, 0.4) is 0 Å². The smallest absolute Gasteiger partial charge is 0.335 e. The summed E-state index contributed by atoms with van der Waals surface area (Å²) in [6, 6.07) is -1.14. The average Bonchev–Trinajstić information content (AvgIpc) is 2.91. The van der Waals surface area contributed by atoms with Crippen LogP contribution in [0.25, 0.3) is 0 Å². The molecule has 4 saturated carbocycles. The summed E-state index contributed by atoms with van der Waals surface area (Å²) in [5.74, 6) is -0.337. The van der Waals surface area contributed by atoms with Gasteiger partial charge in [-0.15, -0.1) is 0 Å². The zero-order valence-electron chi connectivity index (χ0n) is 24.1. The van der Waals surface area contributed by atoms with Crippen molar-refractivity contribution in [3.05, 3.63) is 0 Å². The molecule has 2 heterocycles. The number of carbonyl (C=O) groups excluding carboxylic acids is 2. The van der Waals surface area contributed by atoms with Gasteiger partial charge in [-0.2, -0.15) is 0 Å². The van der Waals surface area contributed by atoms with E-state index in [1.54, 1.807) is 0 Å². The third-order valence-corrected chi connectivity index (χ3v) is 9.72. The van der Waals surface area contributed by atoms with Gasteiger partial charge in [-0.1, -0.05) is 0 Å². The van der Waals surface area contributed by atoms with E-state index in [-0.39, 0.29) is 18.0 Å². The Hall–Kier alpha value is -1.91. The number of ether oxygens (including phenoxy) is 6. The van der Waals surface area contributed by atoms with Crippen LogP contribution in [0.5, 0.6) is 0 Å².